The molecule has 0 saturated carbocycles. The smallest absolute Gasteiger partial charge is 0.125 e. The summed E-state index contributed by atoms with van der Waals surface area (Å²) in [5, 5.41) is 3.21. The third kappa shape index (κ3) is 3.88. The molecule has 0 spiro atoms. The molecule has 100 valence electrons. The molecule has 18 heavy (non-hydrogen) atoms. The van der Waals surface area contributed by atoms with Crippen LogP contribution in [-0.2, 0) is 0 Å². The van der Waals surface area contributed by atoms with Gasteiger partial charge in [0.1, 0.15) is 5.82 Å². The van der Waals surface area contributed by atoms with E-state index in [-0.39, 0.29) is 5.82 Å². The molecule has 0 aromatic heterocycles. The second kappa shape index (κ2) is 6.59. The van der Waals surface area contributed by atoms with Gasteiger partial charge in [0.25, 0.3) is 0 Å². The second-order valence-corrected chi connectivity index (χ2v) is 4.91. The number of nitrogens with two attached hydrogens (primary N) is 1. The van der Waals surface area contributed by atoms with E-state index in [9.17, 15) is 4.39 Å². The van der Waals surface area contributed by atoms with Crippen molar-refractivity contribution in [2.24, 2.45) is 0 Å². The summed E-state index contributed by atoms with van der Waals surface area (Å²) in [6.07, 6.45) is 5.28. The molecule has 1 fully saturated rings. The Bertz CT molecular complexity index is 373. The molecule has 0 radical (unpaired) electrons. The van der Waals surface area contributed by atoms with Crippen LogP contribution in [0.5, 0.6) is 0 Å². The zero-order valence-electron chi connectivity index (χ0n) is 10.8. The van der Waals surface area contributed by atoms with Gasteiger partial charge in [0.05, 0.1) is 11.4 Å². The summed E-state index contributed by atoms with van der Waals surface area (Å²) in [7, 11) is 0. The van der Waals surface area contributed by atoms with Crippen molar-refractivity contribution in [3.05, 3.63) is 24.0 Å². The molecule has 1 aromatic rings. The van der Waals surface area contributed by atoms with E-state index in [4.69, 9.17) is 5.73 Å². The zero-order chi connectivity index (χ0) is 12.8. The van der Waals surface area contributed by atoms with E-state index in [0.717, 1.165) is 13.1 Å². The molecule has 0 amide bonds. The number of benzene rings is 1. The van der Waals surface area contributed by atoms with E-state index in [1.165, 1.54) is 50.9 Å². The van der Waals surface area contributed by atoms with Crippen LogP contribution in [0.1, 0.15) is 25.7 Å². The third-order valence-electron chi connectivity index (χ3n) is 3.46. The van der Waals surface area contributed by atoms with Gasteiger partial charge in [-0.25, -0.2) is 4.39 Å². The van der Waals surface area contributed by atoms with Crippen LogP contribution in [0.25, 0.3) is 0 Å². The van der Waals surface area contributed by atoms with E-state index in [1.54, 1.807) is 6.07 Å². The molecule has 0 bridgehead atoms. The maximum Gasteiger partial charge on any atom is 0.125 e. The Morgan fingerprint density at radius 2 is 1.89 bits per heavy atom. The van der Waals surface area contributed by atoms with Crippen LogP contribution in [-0.4, -0.2) is 31.1 Å². The predicted molar refractivity (Wildman–Crippen MR) is 74.2 cm³/mol. The van der Waals surface area contributed by atoms with Crippen molar-refractivity contribution in [1.29, 1.82) is 0 Å². The highest BCUT2D eigenvalue weighted by Gasteiger charge is 2.08. The Hall–Kier alpha value is -1.29. The second-order valence-electron chi connectivity index (χ2n) is 4.91. The molecule has 1 aromatic carbocycles. The molecule has 2 rings (SSSR count). The van der Waals surface area contributed by atoms with Crippen LogP contribution in [0.3, 0.4) is 0 Å². The number of nitrogens with zero attached hydrogens (tertiary/aromatic N) is 1. The summed E-state index contributed by atoms with van der Waals surface area (Å²) in [4.78, 5) is 2.47. The van der Waals surface area contributed by atoms with Crippen LogP contribution < -0.4 is 11.1 Å². The fourth-order valence-corrected chi connectivity index (χ4v) is 2.39. The molecular formula is C14H22FN3. The average molecular weight is 251 g/mol. The first-order valence-corrected chi connectivity index (χ1v) is 6.77. The average Bonchev–Trinajstić information content (AvgIpc) is 2.62. The first kappa shape index (κ1) is 13.1. The van der Waals surface area contributed by atoms with Gasteiger partial charge >= 0.3 is 0 Å². The quantitative estimate of drug-likeness (QED) is 0.808. The zero-order valence-corrected chi connectivity index (χ0v) is 10.8. The van der Waals surface area contributed by atoms with Crippen LogP contribution in [0.2, 0.25) is 0 Å². The van der Waals surface area contributed by atoms with E-state index in [0.29, 0.717) is 11.4 Å². The maximum absolute atomic E-state index is 13.1. The molecule has 1 aliphatic rings. The number of nitrogens with one attached hydrogen (secondary N) is 1. The van der Waals surface area contributed by atoms with Crippen LogP contribution in [0.15, 0.2) is 18.2 Å². The maximum atomic E-state index is 13.1. The fraction of sp³-hybridized carbons (Fsp3) is 0.571. The van der Waals surface area contributed by atoms with Crippen molar-refractivity contribution in [3.63, 3.8) is 0 Å². The summed E-state index contributed by atoms with van der Waals surface area (Å²) in [5.74, 6) is -0.249. The molecule has 0 atom stereocenters. The van der Waals surface area contributed by atoms with Gasteiger partial charge in [0.2, 0.25) is 0 Å². The van der Waals surface area contributed by atoms with Gasteiger partial charge < -0.3 is 16.0 Å². The first-order chi connectivity index (χ1) is 8.75. The lowest BCUT2D eigenvalue weighted by Crippen LogP contribution is -2.30. The molecule has 0 aliphatic carbocycles. The van der Waals surface area contributed by atoms with E-state index in [2.05, 4.69) is 10.2 Å². The lowest BCUT2D eigenvalue weighted by molar-refractivity contribution is 0.296. The SMILES string of the molecule is Nc1ccc(F)cc1NCCN1CCCCCC1. The number of nitrogen functional groups attached to an aromatic ring is 1. The highest BCUT2D eigenvalue weighted by molar-refractivity contribution is 5.65. The summed E-state index contributed by atoms with van der Waals surface area (Å²) in [6.45, 7) is 4.17. The minimum Gasteiger partial charge on any atom is -0.397 e. The van der Waals surface area contributed by atoms with Crippen LogP contribution in [0, 0.1) is 5.82 Å². The van der Waals surface area contributed by atoms with Gasteiger partial charge in [-0.3, -0.25) is 0 Å². The Morgan fingerprint density at radius 1 is 1.17 bits per heavy atom. The summed E-state index contributed by atoms with van der Waals surface area (Å²) < 4.78 is 13.1. The monoisotopic (exact) mass is 251 g/mol. The van der Waals surface area contributed by atoms with Gasteiger partial charge in [-0.15, -0.1) is 0 Å². The number of rotatable bonds is 4. The van der Waals surface area contributed by atoms with Crippen molar-refractivity contribution in [2.45, 2.75) is 25.7 Å². The van der Waals surface area contributed by atoms with Gasteiger partial charge in [0.15, 0.2) is 0 Å². The molecule has 1 heterocycles. The summed E-state index contributed by atoms with van der Waals surface area (Å²) >= 11 is 0. The number of likely N-dealkylation sites (tertiary alicyclic amines) is 1. The fourth-order valence-electron chi connectivity index (χ4n) is 2.39. The largest absolute Gasteiger partial charge is 0.397 e. The number of anilines is 2. The predicted octanol–water partition coefficient (Wildman–Crippen LogP) is 2.70. The minimum atomic E-state index is -0.249. The van der Waals surface area contributed by atoms with Gasteiger partial charge in [-0.05, 0) is 44.1 Å². The van der Waals surface area contributed by atoms with Gasteiger partial charge in [-0.2, -0.15) is 0 Å². The molecular weight excluding hydrogens is 229 g/mol. The van der Waals surface area contributed by atoms with Crippen molar-refractivity contribution in [3.8, 4) is 0 Å². The summed E-state index contributed by atoms with van der Waals surface area (Å²) in [6, 6.07) is 4.44. The van der Waals surface area contributed by atoms with Crippen molar-refractivity contribution in [1.82, 2.24) is 4.90 Å². The van der Waals surface area contributed by atoms with Gasteiger partial charge in [-0.1, -0.05) is 12.8 Å². The number of halogens is 1. The summed E-state index contributed by atoms with van der Waals surface area (Å²) in [5.41, 5.74) is 7.09. The highest BCUT2D eigenvalue weighted by Crippen LogP contribution is 2.18. The topological polar surface area (TPSA) is 41.3 Å². The molecule has 4 heteroatoms. The minimum absolute atomic E-state index is 0.249. The molecule has 0 unspecified atom stereocenters. The lowest BCUT2D eigenvalue weighted by atomic mass is 10.2. The Kier molecular flexibility index (Phi) is 4.81. The van der Waals surface area contributed by atoms with Crippen LogP contribution in [0.4, 0.5) is 15.8 Å². The lowest BCUT2D eigenvalue weighted by Gasteiger charge is -2.20. The standard InChI is InChI=1S/C14H22FN3/c15-12-5-6-13(16)14(11-12)17-7-10-18-8-3-1-2-4-9-18/h5-6,11,17H,1-4,7-10,16H2. The molecule has 1 saturated heterocycles. The third-order valence-corrected chi connectivity index (χ3v) is 3.46. The molecule has 3 N–H and O–H groups in total. The van der Waals surface area contributed by atoms with E-state index >= 15 is 0 Å². The Morgan fingerprint density at radius 3 is 2.61 bits per heavy atom. The Labute approximate surface area is 108 Å². The van der Waals surface area contributed by atoms with E-state index in [1.807, 2.05) is 0 Å². The highest BCUT2D eigenvalue weighted by atomic mass is 19.1. The van der Waals surface area contributed by atoms with Gasteiger partial charge in [0, 0.05) is 13.1 Å². The first-order valence-electron chi connectivity index (χ1n) is 6.77. The normalized spacial score (nSPS) is 17.4. The number of hydrogen-bond acceptors (Lipinski definition) is 3. The number of hydrogen-bond donors (Lipinski definition) is 2. The van der Waals surface area contributed by atoms with E-state index < -0.39 is 0 Å². The van der Waals surface area contributed by atoms with Crippen molar-refractivity contribution >= 4 is 11.4 Å². The molecule has 3 nitrogen and oxygen atoms in total. The molecule has 1 aliphatic heterocycles. The van der Waals surface area contributed by atoms with Crippen LogP contribution >= 0.6 is 0 Å². The van der Waals surface area contributed by atoms with Crippen molar-refractivity contribution < 1.29 is 4.39 Å². The Balaban J connectivity index is 1.78. The van der Waals surface area contributed by atoms with Crippen molar-refractivity contribution in [2.75, 3.05) is 37.2 Å².